The molecule has 2 aromatic carbocycles. The van der Waals surface area contributed by atoms with Crippen molar-refractivity contribution in [1.82, 2.24) is 5.06 Å². The average molecular weight is 385 g/mol. The van der Waals surface area contributed by atoms with Crippen LogP contribution < -0.4 is 5.73 Å². The van der Waals surface area contributed by atoms with E-state index in [1.54, 1.807) is 18.2 Å². The Morgan fingerprint density at radius 3 is 2.71 bits per heavy atom. The van der Waals surface area contributed by atoms with E-state index < -0.39 is 17.9 Å². The van der Waals surface area contributed by atoms with Gasteiger partial charge in [-0.25, -0.2) is 13.6 Å². The fraction of sp³-hybridized carbons (Fsp3) is 0.200. The number of hydrogen-bond donors (Lipinski definition) is 2. The summed E-state index contributed by atoms with van der Waals surface area (Å²) in [4.78, 5) is 16.3. The van der Waals surface area contributed by atoms with Crippen molar-refractivity contribution in [3.05, 3.63) is 70.8 Å². The van der Waals surface area contributed by atoms with Crippen LogP contribution in [0.25, 0.3) is 0 Å². The highest BCUT2D eigenvalue weighted by Gasteiger charge is 2.24. The Morgan fingerprint density at radius 2 is 2.04 bits per heavy atom. The predicted octanol–water partition coefficient (Wildman–Crippen LogP) is 3.34. The Bertz CT molecular complexity index is 980. The average Bonchev–Trinajstić information content (AvgIpc) is 3.17. The van der Waals surface area contributed by atoms with Crippen molar-refractivity contribution in [2.75, 3.05) is 0 Å². The van der Waals surface area contributed by atoms with Gasteiger partial charge in [-0.1, -0.05) is 35.2 Å². The second-order valence-electron chi connectivity index (χ2n) is 6.21. The summed E-state index contributed by atoms with van der Waals surface area (Å²) in [6.45, 7) is 1.45. The summed E-state index contributed by atoms with van der Waals surface area (Å²) in [5.41, 5.74) is 7.05. The number of primary amides is 1. The molecule has 2 aromatic rings. The molecule has 0 aromatic heterocycles. The predicted molar refractivity (Wildman–Crippen MR) is 97.3 cm³/mol. The van der Waals surface area contributed by atoms with Crippen LogP contribution in [0.4, 0.5) is 13.6 Å². The molecular formula is C20H17F2N3O3. The second-order valence-corrected chi connectivity index (χ2v) is 6.21. The summed E-state index contributed by atoms with van der Waals surface area (Å²) < 4.78 is 27.1. The number of halogens is 2. The maximum absolute atomic E-state index is 14.1. The van der Waals surface area contributed by atoms with Gasteiger partial charge in [-0.3, -0.25) is 5.21 Å². The van der Waals surface area contributed by atoms with Crippen LogP contribution in [0.3, 0.4) is 0 Å². The highest BCUT2D eigenvalue weighted by molar-refractivity contribution is 6.01. The SMILES string of the molecule is CC(C#Cc1cc(C2=NOC(c3ccc(F)cc3)C2)ccc1F)N(O)C(N)=O. The Kier molecular flexibility index (Phi) is 5.57. The quantitative estimate of drug-likeness (QED) is 0.483. The van der Waals surface area contributed by atoms with Crippen LogP contribution in [0.5, 0.6) is 0 Å². The topological polar surface area (TPSA) is 88.2 Å². The largest absolute Gasteiger partial charge is 0.387 e. The Labute approximate surface area is 160 Å². The summed E-state index contributed by atoms with van der Waals surface area (Å²) >= 11 is 0. The molecule has 3 N–H and O–H groups in total. The van der Waals surface area contributed by atoms with Gasteiger partial charge in [0.25, 0.3) is 0 Å². The van der Waals surface area contributed by atoms with Crippen molar-refractivity contribution in [2.45, 2.75) is 25.5 Å². The van der Waals surface area contributed by atoms with Crippen molar-refractivity contribution in [3.8, 4) is 11.8 Å². The first kappa shape index (κ1) is 19.3. The molecule has 0 bridgehead atoms. The van der Waals surface area contributed by atoms with Crippen LogP contribution in [0, 0.1) is 23.5 Å². The molecule has 1 aliphatic rings. The molecule has 0 radical (unpaired) electrons. The zero-order valence-electron chi connectivity index (χ0n) is 14.9. The molecule has 1 heterocycles. The first-order valence-corrected chi connectivity index (χ1v) is 8.42. The van der Waals surface area contributed by atoms with Gasteiger partial charge in [-0.05, 0) is 36.8 Å². The number of urea groups is 1. The van der Waals surface area contributed by atoms with Gasteiger partial charge < -0.3 is 10.6 Å². The highest BCUT2D eigenvalue weighted by Crippen LogP contribution is 2.30. The molecule has 1 aliphatic heterocycles. The van der Waals surface area contributed by atoms with Crippen LogP contribution in [0.15, 0.2) is 47.6 Å². The van der Waals surface area contributed by atoms with E-state index in [0.29, 0.717) is 17.7 Å². The third kappa shape index (κ3) is 4.27. The van der Waals surface area contributed by atoms with Crippen LogP contribution in [0.2, 0.25) is 0 Å². The molecule has 6 nitrogen and oxygen atoms in total. The lowest BCUT2D eigenvalue weighted by Crippen LogP contribution is -2.38. The number of hydrogen-bond acceptors (Lipinski definition) is 4. The smallest absolute Gasteiger partial charge is 0.339 e. The summed E-state index contributed by atoms with van der Waals surface area (Å²) in [6.07, 6.45) is 0.0841. The van der Waals surface area contributed by atoms with E-state index in [4.69, 9.17) is 10.6 Å². The van der Waals surface area contributed by atoms with Gasteiger partial charge in [-0.15, -0.1) is 0 Å². The van der Waals surface area contributed by atoms with Crippen LogP contribution >= 0.6 is 0 Å². The standard InChI is InChI=1S/C20H17F2N3O3/c1-12(25(27)20(23)26)2-3-14-10-15(6-9-17(14)22)18-11-19(28-24-18)13-4-7-16(21)8-5-13/h4-10,12,19,27H,11H2,1H3,(H2,23,26). The summed E-state index contributed by atoms with van der Waals surface area (Å²) in [7, 11) is 0. The van der Waals surface area contributed by atoms with Gasteiger partial charge in [0.2, 0.25) is 0 Å². The van der Waals surface area contributed by atoms with E-state index in [9.17, 15) is 18.8 Å². The summed E-state index contributed by atoms with van der Waals surface area (Å²) in [5, 5.41) is 13.7. The Hall–Kier alpha value is -3.44. The minimum atomic E-state index is -1.06. The van der Waals surface area contributed by atoms with Crippen molar-refractivity contribution in [3.63, 3.8) is 0 Å². The molecule has 2 atom stereocenters. The number of rotatable bonds is 3. The lowest BCUT2D eigenvalue weighted by atomic mass is 9.99. The zero-order valence-corrected chi connectivity index (χ0v) is 14.9. The second kappa shape index (κ2) is 8.06. The van der Waals surface area contributed by atoms with Gasteiger partial charge >= 0.3 is 6.03 Å². The third-order valence-electron chi connectivity index (χ3n) is 4.22. The molecule has 144 valence electrons. The zero-order chi connectivity index (χ0) is 20.3. The minimum Gasteiger partial charge on any atom is -0.387 e. The van der Waals surface area contributed by atoms with Crippen LogP contribution in [-0.2, 0) is 4.84 Å². The van der Waals surface area contributed by atoms with Gasteiger partial charge in [0.1, 0.15) is 17.7 Å². The molecule has 0 saturated heterocycles. The minimum absolute atomic E-state index is 0.0788. The molecule has 3 rings (SSSR count). The molecule has 28 heavy (non-hydrogen) atoms. The number of carbonyl (C=O) groups is 1. The van der Waals surface area contributed by atoms with Gasteiger partial charge in [0.05, 0.1) is 11.3 Å². The summed E-state index contributed by atoms with van der Waals surface area (Å²) in [5.74, 6) is 4.26. The number of hydroxylamine groups is 2. The normalized spacial score (nSPS) is 16.4. The van der Waals surface area contributed by atoms with Crippen LogP contribution in [-0.4, -0.2) is 28.1 Å². The number of amides is 2. The number of nitrogens with zero attached hydrogens (tertiary/aromatic N) is 2. The van der Waals surface area contributed by atoms with Crippen LogP contribution in [0.1, 0.15) is 36.1 Å². The maximum Gasteiger partial charge on any atom is 0.339 e. The lowest BCUT2D eigenvalue weighted by molar-refractivity contribution is -0.0536. The molecule has 8 heteroatoms. The van der Waals surface area contributed by atoms with Crippen molar-refractivity contribution in [1.29, 1.82) is 0 Å². The fourth-order valence-corrected chi connectivity index (χ4v) is 2.64. The van der Waals surface area contributed by atoms with E-state index in [1.165, 1.54) is 31.2 Å². The molecular weight excluding hydrogens is 368 g/mol. The summed E-state index contributed by atoms with van der Waals surface area (Å²) in [6, 6.07) is 8.30. The monoisotopic (exact) mass is 385 g/mol. The van der Waals surface area contributed by atoms with Crippen molar-refractivity contribution in [2.24, 2.45) is 10.9 Å². The number of carbonyl (C=O) groups excluding carboxylic acids is 1. The highest BCUT2D eigenvalue weighted by atomic mass is 19.1. The molecule has 0 aliphatic carbocycles. The molecule has 0 spiro atoms. The molecule has 0 fully saturated rings. The van der Waals surface area contributed by atoms with Gasteiger partial charge in [-0.2, -0.15) is 5.06 Å². The number of nitrogens with two attached hydrogens (primary N) is 1. The molecule has 2 amide bonds. The number of benzene rings is 2. The first-order valence-electron chi connectivity index (χ1n) is 8.42. The van der Waals surface area contributed by atoms with Gasteiger partial charge in [0, 0.05) is 12.0 Å². The maximum atomic E-state index is 14.1. The lowest BCUT2D eigenvalue weighted by Gasteiger charge is -2.14. The van der Waals surface area contributed by atoms with Gasteiger partial charge in [0.15, 0.2) is 6.10 Å². The van der Waals surface area contributed by atoms with Crippen molar-refractivity contribution < 1.29 is 23.6 Å². The van der Waals surface area contributed by atoms with E-state index in [0.717, 1.165) is 5.56 Å². The van der Waals surface area contributed by atoms with Crippen molar-refractivity contribution >= 4 is 11.7 Å². The third-order valence-corrected chi connectivity index (χ3v) is 4.22. The Balaban J connectivity index is 1.77. The van der Waals surface area contributed by atoms with E-state index in [1.807, 2.05) is 0 Å². The fourth-order valence-electron chi connectivity index (χ4n) is 2.64. The molecule has 2 unspecified atom stereocenters. The first-order chi connectivity index (χ1) is 13.3. The molecule has 0 saturated carbocycles. The van der Waals surface area contributed by atoms with E-state index in [2.05, 4.69) is 17.0 Å². The van der Waals surface area contributed by atoms with E-state index >= 15 is 0 Å². The van der Waals surface area contributed by atoms with E-state index in [-0.39, 0.29) is 22.5 Å². The Morgan fingerprint density at radius 1 is 1.32 bits per heavy atom. The number of oxime groups is 1.